The topological polar surface area (TPSA) is 17.1 Å². The van der Waals surface area contributed by atoms with E-state index in [1.165, 1.54) is 0 Å². The lowest BCUT2D eigenvalue weighted by molar-refractivity contribution is 0.578. The molecule has 1 aliphatic heterocycles. The first kappa shape index (κ1) is 13.9. The summed E-state index contributed by atoms with van der Waals surface area (Å²) in [5.74, 6) is 1.97. The number of benzene rings is 1. The lowest BCUT2D eigenvalue weighted by Crippen LogP contribution is -2.18. The SMILES string of the molecule is CC1=CP(=O)(c2ccccc2)C[C@H](C)C1=C(Cl)Cl. The van der Waals surface area contributed by atoms with Gasteiger partial charge in [0.25, 0.3) is 0 Å². The van der Waals surface area contributed by atoms with Crippen molar-refractivity contribution in [1.29, 1.82) is 0 Å². The third-order valence-corrected chi connectivity index (χ3v) is 6.74. The normalized spacial score (nSPS) is 27.9. The van der Waals surface area contributed by atoms with Crippen LogP contribution in [0.15, 0.2) is 51.8 Å². The predicted molar refractivity (Wildman–Crippen MR) is 80.2 cm³/mol. The van der Waals surface area contributed by atoms with Gasteiger partial charge in [0.05, 0.1) is 0 Å². The van der Waals surface area contributed by atoms with Crippen molar-refractivity contribution in [2.24, 2.45) is 5.92 Å². The average Bonchev–Trinajstić information content (AvgIpc) is 2.28. The standard InChI is InChI=1S/C14H15Cl2OP/c1-10-8-18(17,12-6-4-3-5-7-12)9-11(2)13(10)14(15)16/h3-8,11H,9H2,1-2H3/t11-,18?/m0/s1. The van der Waals surface area contributed by atoms with E-state index in [-0.39, 0.29) is 10.4 Å². The van der Waals surface area contributed by atoms with Gasteiger partial charge in [0.15, 0.2) is 0 Å². The number of hydrogen-bond acceptors (Lipinski definition) is 1. The molecule has 1 aromatic carbocycles. The van der Waals surface area contributed by atoms with Crippen molar-refractivity contribution in [3.63, 3.8) is 0 Å². The number of allylic oxidation sites excluding steroid dienone is 2. The van der Waals surface area contributed by atoms with Gasteiger partial charge in [0, 0.05) is 11.5 Å². The van der Waals surface area contributed by atoms with E-state index in [2.05, 4.69) is 0 Å². The third-order valence-electron chi connectivity index (χ3n) is 3.26. The number of rotatable bonds is 1. The van der Waals surface area contributed by atoms with Crippen molar-refractivity contribution in [3.8, 4) is 0 Å². The molecule has 0 amide bonds. The molecule has 96 valence electrons. The molecule has 2 atom stereocenters. The van der Waals surface area contributed by atoms with E-state index in [0.29, 0.717) is 6.16 Å². The molecule has 0 fully saturated rings. The zero-order chi connectivity index (χ0) is 13.3. The van der Waals surface area contributed by atoms with Crippen molar-refractivity contribution >= 4 is 35.6 Å². The van der Waals surface area contributed by atoms with Crippen molar-refractivity contribution in [2.45, 2.75) is 13.8 Å². The second-order valence-corrected chi connectivity index (χ2v) is 8.38. The molecule has 0 radical (unpaired) electrons. The summed E-state index contributed by atoms with van der Waals surface area (Å²) in [6, 6.07) is 9.62. The fraction of sp³-hybridized carbons (Fsp3) is 0.286. The van der Waals surface area contributed by atoms with Crippen molar-refractivity contribution in [1.82, 2.24) is 0 Å². The average molecular weight is 301 g/mol. The Bertz CT molecular complexity index is 556. The van der Waals surface area contributed by atoms with E-state index >= 15 is 0 Å². The van der Waals surface area contributed by atoms with Gasteiger partial charge in [-0.15, -0.1) is 0 Å². The Labute approximate surface area is 118 Å². The zero-order valence-corrected chi connectivity index (χ0v) is 12.8. The lowest BCUT2D eigenvalue weighted by Gasteiger charge is -2.28. The fourth-order valence-electron chi connectivity index (χ4n) is 2.52. The van der Waals surface area contributed by atoms with Crippen LogP contribution in [-0.4, -0.2) is 6.16 Å². The molecular formula is C14H15Cl2OP. The maximum absolute atomic E-state index is 13.0. The summed E-state index contributed by atoms with van der Waals surface area (Å²) in [4.78, 5) is 0. The van der Waals surface area contributed by atoms with Gasteiger partial charge >= 0.3 is 0 Å². The minimum atomic E-state index is -2.47. The van der Waals surface area contributed by atoms with Crippen LogP contribution in [0.4, 0.5) is 0 Å². The Balaban J connectivity index is 2.52. The maximum Gasteiger partial charge on any atom is 0.137 e. The van der Waals surface area contributed by atoms with Crippen LogP contribution >= 0.6 is 30.3 Å². The predicted octanol–water partition coefficient (Wildman–Crippen LogP) is 4.92. The van der Waals surface area contributed by atoms with Gasteiger partial charge in [-0.3, -0.25) is 0 Å². The summed E-state index contributed by atoms with van der Waals surface area (Å²) >= 11 is 11.8. The van der Waals surface area contributed by atoms with Crippen LogP contribution in [-0.2, 0) is 4.57 Å². The molecular weight excluding hydrogens is 286 g/mol. The largest absolute Gasteiger partial charge is 0.314 e. The molecule has 0 aliphatic carbocycles. The van der Waals surface area contributed by atoms with Gasteiger partial charge in [-0.05, 0) is 29.8 Å². The van der Waals surface area contributed by atoms with E-state index in [9.17, 15) is 4.57 Å². The maximum atomic E-state index is 13.0. The summed E-state index contributed by atoms with van der Waals surface area (Å²) in [5.41, 5.74) is 1.85. The fourth-order valence-corrected chi connectivity index (χ4v) is 6.09. The first-order valence-corrected chi connectivity index (χ1v) is 8.55. The molecule has 1 nitrogen and oxygen atoms in total. The van der Waals surface area contributed by atoms with Crippen LogP contribution in [0.1, 0.15) is 13.8 Å². The Morgan fingerprint density at radius 1 is 1.28 bits per heavy atom. The van der Waals surface area contributed by atoms with Crippen molar-refractivity contribution in [3.05, 3.63) is 51.8 Å². The van der Waals surface area contributed by atoms with Crippen molar-refractivity contribution < 1.29 is 4.57 Å². The highest BCUT2D eigenvalue weighted by Gasteiger charge is 2.32. The van der Waals surface area contributed by atoms with Crippen LogP contribution in [0.5, 0.6) is 0 Å². The van der Waals surface area contributed by atoms with Crippen LogP contribution < -0.4 is 5.30 Å². The highest BCUT2D eigenvalue weighted by Crippen LogP contribution is 2.55. The molecule has 1 aliphatic rings. The van der Waals surface area contributed by atoms with Gasteiger partial charge in [0.1, 0.15) is 11.6 Å². The minimum absolute atomic E-state index is 0.117. The van der Waals surface area contributed by atoms with E-state index in [1.807, 2.05) is 50.0 Å². The van der Waals surface area contributed by atoms with E-state index < -0.39 is 7.14 Å². The molecule has 0 N–H and O–H groups in total. The smallest absolute Gasteiger partial charge is 0.137 e. The molecule has 4 heteroatoms. The molecule has 0 spiro atoms. The van der Waals surface area contributed by atoms with E-state index in [0.717, 1.165) is 16.5 Å². The monoisotopic (exact) mass is 300 g/mol. The Morgan fingerprint density at radius 2 is 1.89 bits per heavy atom. The molecule has 0 saturated carbocycles. The highest BCUT2D eigenvalue weighted by atomic mass is 35.5. The summed E-state index contributed by atoms with van der Waals surface area (Å²) in [7, 11) is -2.47. The van der Waals surface area contributed by atoms with Crippen LogP contribution in [0.25, 0.3) is 0 Å². The molecule has 1 heterocycles. The number of halogens is 2. The van der Waals surface area contributed by atoms with Crippen LogP contribution in [0, 0.1) is 5.92 Å². The van der Waals surface area contributed by atoms with Gasteiger partial charge in [0.2, 0.25) is 0 Å². The Hall–Kier alpha value is -0.490. The summed E-state index contributed by atoms with van der Waals surface area (Å²) in [6.45, 7) is 3.94. The van der Waals surface area contributed by atoms with E-state index in [4.69, 9.17) is 23.2 Å². The molecule has 1 aromatic rings. The zero-order valence-electron chi connectivity index (χ0n) is 10.4. The third kappa shape index (κ3) is 2.59. The quantitative estimate of drug-likeness (QED) is 0.673. The lowest BCUT2D eigenvalue weighted by atomic mass is 9.99. The van der Waals surface area contributed by atoms with Crippen LogP contribution in [0.3, 0.4) is 0 Å². The molecule has 0 saturated heterocycles. The summed E-state index contributed by atoms with van der Waals surface area (Å²) < 4.78 is 13.3. The second kappa shape index (κ2) is 5.25. The molecule has 0 aromatic heterocycles. The van der Waals surface area contributed by atoms with Gasteiger partial charge in [-0.2, -0.15) is 0 Å². The summed E-state index contributed by atoms with van der Waals surface area (Å²) in [6.07, 6.45) is 0.590. The van der Waals surface area contributed by atoms with Crippen LogP contribution in [0.2, 0.25) is 0 Å². The van der Waals surface area contributed by atoms with E-state index in [1.54, 1.807) is 0 Å². The van der Waals surface area contributed by atoms with Gasteiger partial charge in [-0.25, -0.2) is 0 Å². The number of hydrogen-bond donors (Lipinski definition) is 0. The first-order valence-electron chi connectivity index (χ1n) is 5.83. The Kier molecular flexibility index (Phi) is 4.06. The first-order chi connectivity index (χ1) is 8.44. The minimum Gasteiger partial charge on any atom is -0.314 e. The van der Waals surface area contributed by atoms with Gasteiger partial charge < -0.3 is 4.57 Å². The van der Waals surface area contributed by atoms with Crippen molar-refractivity contribution in [2.75, 3.05) is 6.16 Å². The summed E-state index contributed by atoms with van der Waals surface area (Å²) in [5, 5.41) is 0.904. The molecule has 0 bridgehead atoms. The Morgan fingerprint density at radius 3 is 2.39 bits per heavy atom. The molecule has 2 rings (SSSR count). The second-order valence-electron chi connectivity index (χ2n) is 4.70. The van der Waals surface area contributed by atoms with Gasteiger partial charge in [-0.1, -0.05) is 60.5 Å². The molecule has 1 unspecified atom stereocenters. The highest BCUT2D eigenvalue weighted by molar-refractivity contribution is 7.74. The molecule has 18 heavy (non-hydrogen) atoms.